The molecule has 0 radical (unpaired) electrons. The van der Waals surface area contributed by atoms with E-state index in [-0.39, 0.29) is 23.7 Å². The number of benzene rings is 3. The van der Waals surface area contributed by atoms with Crippen LogP contribution in [0, 0.1) is 5.82 Å². The fourth-order valence-corrected chi connectivity index (χ4v) is 5.04. The Morgan fingerprint density at radius 2 is 1.56 bits per heavy atom. The number of hydrogen-bond donors (Lipinski definition) is 1. The monoisotopic (exact) mass is 593 g/mol. The standard InChI is InChI=1S/C29H31F4N3O4S/c1-20(2)34-28(38)26(16-21-10-5-4-6-11-21)35(18-22-12-7-8-15-25(22)30)27(37)19-36(41(3,39)40)24-14-9-13-23(17-24)29(31,32)33/h4-15,17,20,26H,16,18-19H2,1-3H3,(H,34,38)/t26-/m1/s1. The lowest BCUT2D eigenvalue weighted by atomic mass is 10.0. The van der Waals surface area contributed by atoms with Gasteiger partial charge in [0.15, 0.2) is 0 Å². The third-order valence-electron chi connectivity index (χ3n) is 6.14. The van der Waals surface area contributed by atoms with Crippen LogP contribution in [0.3, 0.4) is 0 Å². The van der Waals surface area contributed by atoms with Gasteiger partial charge in [-0.2, -0.15) is 13.2 Å². The van der Waals surface area contributed by atoms with Crippen molar-refractivity contribution in [2.45, 2.75) is 45.1 Å². The topological polar surface area (TPSA) is 86.8 Å². The number of halogens is 4. The minimum absolute atomic E-state index is 0.0159. The molecule has 7 nitrogen and oxygen atoms in total. The van der Waals surface area contributed by atoms with Gasteiger partial charge in [-0.25, -0.2) is 12.8 Å². The Balaban J connectivity index is 2.09. The molecule has 220 valence electrons. The van der Waals surface area contributed by atoms with Crippen molar-refractivity contribution in [1.29, 1.82) is 0 Å². The zero-order valence-electron chi connectivity index (χ0n) is 22.7. The van der Waals surface area contributed by atoms with Gasteiger partial charge >= 0.3 is 6.18 Å². The molecule has 0 saturated heterocycles. The second-order valence-electron chi connectivity index (χ2n) is 9.80. The lowest BCUT2D eigenvalue weighted by molar-refractivity contribution is -0.140. The first-order valence-electron chi connectivity index (χ1n) is 12.7. The summed E-state index contributed by atoms with van der Waals surface area (Å²) in [6.45, 7) is 2.13. The highest BCUT2D eigenvalue weighted by atomic mass is 32.2. The number of hydrogen-bond acceptors (Lipinski definition) is 4. The molecule has 0 aliphatic heterocycles. The highest BCUT2D eigenvalue weighted by molar-refractivity contribution is 7.92. The third kappa shape index (κ3) is 8.78. The molecule has 0 aliphatic rings. The molecule has 3 aromatic rings. The number of sulfonamides is 1. The van der Waals surface area contributed by atoms with E-state index in [0.29, 0.717) is 15.9 Å². The average molecular weight is 594 g/mol. The first-order valence-corrected chi connectivity index (χ1v) is 14.5. The predicted octanol–water partition coefficient (Wildman–Crippen LogP) is 4.78. The van der Waals surface area contributed by atoms with E-state index in [4.69, 9.17) is 0 Å². The van der Waals surface area contributed by atoms with Crippen LogP contribution in [-0.2, 0) is 38.8 Å². The Morgan fingerprint density at radius 1 is 0.927 bits per heavy atom. The maximum absolute atomic E-state index is 14.7. The van der Waals surface area contributed by atoms with Crippen LogP contribution in [-0.4, -0.2) is 50.0 Å². The Hall–Kier alpha value is -3.93. The average Bonchev–Trinajstić information content (AvgIpc) is 2.89. The smallest absolute Gasteiger partial charge is 0.352 e. The molecule has 3 aromatic carbocycles. The van der Waals surface area contributed by atoms with Gasteiger partial charge in [0.05, 0.1) is 17.5 Å². The van der Waals surface area contributed by atoms with Crippen LogP contribution in [0.1, 0.15) is 30.5 Å². The van der Waals surface area contributed by atoms with Crippen LogP contribution in [0.4, 0.5) is 23.2 Å². The van der Waals surface area contributed by atoms with Crippen LogP contribution in [0.2, 0.25) is 0 Å². The molecule has 0 aliphatic carbocycles. The zero-order chi connectivity index (χ0) is 30.4. The summed E-state index contributed by atoms with van der Waals surface area (Å²) in [5.41, 5.74) is -0.729. The first kappa shape index (κ1) is 31.6. The quantitative estimate of drug-likeness (QED) is 0.325. The van der Waals surface area contributed by atoms with Crippen molar-refractivity contribution in [3.63, 3.8) is 0 Å². The van der Waals surface area contributed by atoms with Gasteiger partial charge in [0, 0.05) is 24.6 Å². The molecule has 0 heterocycles. The summed E-state index contributed by atoms with van der Waals surface area (Å²) in [4.78, 5) is 28.4. The van der Waals surface area contributed by atoms with Crippen LogP contribution in [0.25, 0.3) is 0 Å². The summed E-state index contributed by atoms with van der Waals surface area (Å²) in [7, 11) is -4.27. The molecular weight excluding hydrogens is 562 g/mol. The molecule has 0 saturated carbocycles. The summed E-state index contributed by atoms with van der Waals surface area (Å²) in [6, 6.07) is 16.4. The van der Waals surface area contributed by atoms with Crippen molar-refractivity contribution in [3.8, 4) is 0 Å². The molecule has 41 heavy (non-hydrogen) atoms. The van der Waals surface area contributed by atoms with Crippen molar-refractivity contribution in [2.24, 2.45) is 0 Å². The minimum atomic E-state index is -4.75. The molecule has 3 rings (SSSR count). The summed E-state index contributed by atoms with van der Waals surface area (Å²) in [5.74, 6) is -2.11. The highest BCUT2D eigenvalue weighted by Gasteiger charge is 2.35. The molecule has 0 spiro atoms. The number of nitrogens with zero attached hydrogens (tertiary/aromatic N) is 2. The molecule has 1 N–H and O–H groups in total. The first-order chi connectivity index (χ1) is 19.2. The van der Waals surface area contributed by atoms with Gasteiger partial charge in [-0.1, -0.05) is 54.6 Å². The van der Waals surface area contributed by atoms with Crippen molar-refractivity contribution in [1.82, 2.24) is 10.2 Å². The summed E-state index contributed by atoms with van der Waals surface area (Å²) < 4.78 is 80.9. The van der Waals surface area contributed by atoms with Crippen LogP contribution < -0.4 is 9.62 Å². The number of carbonyl (C=O) groups excluding carboxylic acids is 2. The number of amides is 2. The van der Waals surface area contributed by atoms with Crippen molar-refractivity contribution in [3.05, 3.63) is 101 Å². The van der Waals surface area contributed by atoms with Gasteiger partial charge < -0.3 is 10.2 Å². The van der Waals surface area contributed by atoms with Gasteiger partial charge in [-0.15, -0.1) is 0 Å². The summed E-state index contributed by atoms with van der Waals surface area (Å²) in [6.07, 6.45) is -3.98. The van der Waals surface area contributed by atoms with E-state index < -0.39 is 58.5 Å². The summed E-state index contributed by atoms with van der Waals surface area (Å²) >= 11 is 0. The Kier molecular flexibility index (Phi) is 10.1. The molecule has 12 heteroatoms. The number of alkyl halides is 3. The second-order valence-corrected chi connectivity index (χ2v) is 11.7. The van der Waals surface area contributed by atoms with Gasteiger partial charge in [-0.05, 0) is 43.7 Å². The lowest BCUT2D eigenvalue weighted by Gasteiger charge is -2.34. The molecule has 2 amide bonds. The Labute approximate surface area is 236 Å². The lowest BCUT2D eigenvalue weighted by Crippen LogP contribution is -2.54. The van der Waals surface area contributed by atoms with Crippen molar-refractivity contribution < 1.29 is 35.6 Å². The maximum atomic E-state index is 14.7. The maximum Gasteiger partial charge on any atom is 0.416 e. The van der Waals surface area contributed by atoms with Crippen molar-refractivity contribution >= 4 is 27.5 Å². The number of nitrogens with one attached hydrogen (secondary N) is 1. The van der Waals surface area contributed by atoms with Gasteiger partial charge in [-0.3, -0.25) is 13.9 Å². The van der Waals surface area contributed by atoms with E-state index in [1.807, 2.05) is 0 Å². The van der Waals surface area contributed by atoms with E-state index in [1.165, 1.54) is 18.2 Å². The minimum Gasteiger partial charge on any atom is -0.352 e. The number of carbonyl (C=O) groups is 2. The zero-order valence-corrected chi connectivity index (χ0v) is 23.5. The van der Waals surface area contributed by atoms with E-state index in [9.17, 15) is 35.6 Å². The van der Waals surface area contributed by atoms with Gasteiger partial charge in [0.2, 0.25) is 21.8 Å². The predicted molar refractivity (Wildman–Crippen MR) is 148 cm³/mol. The fraction of sp³-hybridized carbons (Fsp3) is 0.310. The van der Waals surface area contributed by atoms with E-state index in [1.54, 1.807) is 50.2 Å². The molecular formula is C29H31F4N3O4S. The van der Waals surface area contributed by atoms with Gasteiger partial charge in [0.25, 0.3) is 0 Å². The van der Waals surface area contributed by atoms with E-state index in [0.717, 1.165) is 29.4 Å². The SMILES string of the molecule is CC(C)NC(=O)[C@@H](Cc1ccccc1)N(Cc1ccccc1F)C(=O)CN(c1cccc(C(F)(F)F)c1)S(C)(=O)=O. The number of rotatable bonds is 11. The fourth-order valence-electron chi connectivity index (χ4n) is 4.20. The molecule has 0 aromatic heterocycles. The molecule has 0 unspecified atom stereocenters. The highest BCUT2D eigenvalue weighted by Crippen LogP contribution is 2.32. The van der Waals surface area contributed by atoms with E-state index >= 15 is 0 Å². The number of anilines is 1. The van der Waals surface area contributed by atoms with E-state index in [2.05, 4.69) is 5.32 Å². The second kappa shape index (κ2) is 13.2. The van der Waals surface area contributed by atoms with Crippen LogP contribution >= 0.6 is 0 Å². The normalized spacial score (nSPS) is 12.6. The molecule has 1 atom stereocenters. The molecule has 0 fully saturated rings. The third-order valence-corrected chi connectivity index (χ3v) is 7.28. The molecule has 0 bridgehead atoms. The largest absolute Gasteiger partial charge is 0.416 e. The van der Waals surface area contributed by atoms with Gasteiger partial charge in [0.1, 0.15) is 18.4 Å². The van der Waals surface area contributed by atoms with Crippen molar-refractivity contribution in [2.75, 3.05) is 17.1 Å². The van der Waals surface area contributed by atoms with Crippen LogP contribution in [0.15, 0.2) is 78.9 Å². The Morgan fingerprint density at radius 3 is 2.15 bits per heavy atom. The summed E-state index contributed by atoms with van der Waals surface area (Å²) in [5, 5.41) is 2.75. The van der Waals surface area contributed by atoms with Crippen LogP contribution in [0.5, 0.6) is 0 Å². The Bertz CT molecular complexity index is 1460.